The highest BCUT2D eigenvalue weighted by atomic mass is 16.5. The molecule has 3 aromatic rings. The number of carbonyl (C=O) groups is 1. The first-order valence-corrected chi connectivity index (χ1v) is 6.71. The first-order valence-electron chi connectivity index (χ1n) is 6.71. The molecule has 112 valence electrons. The Bertz CT molecular complexity index is 809. The molecule has 0 radical (unpaired) electrons. The number of hydrogen-bond donors (Lipinski definition) is 2. The number of nitrogens with one attached hydrogen (secondary N) is 1. The average Bonchev–Trinajstić information content (AvgIpc) is 2.96. The largest absolute Gasteiger partial charge is 0.497 e. The Balaban J connectivity index is 1.79. The zero-order chi connectivity index (χ0) is 15.5. The van der Waals surface area contributed by atoms with Gasteiger partial charge in [0.1, 0.15) is 23.9 Å². The fraction of sp³-hybridized carbons (Fsp3) is 0.125. The van der Waals surface area contributed by atoms with Gasteiger partial charge in [0.05, 0.1) is 23.7 Å². The monoisotopic (exact) mass is 297 g/mol. The number of methoxy groups -OCH3 is 1. The fourth-order valence-corrected chi connectivity index (χ4v) is 2.18. The molecule has 0 unspecified atom stereocenters. The van der Waals surface area contributed by atoms with Crippen LogP contribution in [0.2, 0.25) is 0 Å². The molecule has 0 saturated carbocycles. The summed E-state index contributed by atoms with van der Waals surface area (Å²) in [6, 6.07) is 12.5. The van der Waals surface area contributed by atoms with Gasteiger partial charge in [-0.3, -0.25) is 4.79 Å². The quantitative estimate of drug-likeness (QED) is 0.755. The lowest BCUT2D eigenvalue weighted by Crippen LogP contribution is -2.11. The summed E-state index contributed by atoms with van der Waals surface area (Å²) in [5.41, 5.74) is 7.08. The van der Waals surface area contributed by atoms with E-state index in [1.807, 2.05) is 30.3 Å². The predicted molar refractivity (Wildman–Crippen MR) is 81.9 cm³/mol. The second-order valence-corrected chi connectivity index (χ2v) is 4.71. The van der Waals surface area contributed by atoms with Crippen molar-refractivity contribution in [3.63, 3.8) is 0 Å². The van der Waals surface area contributed by atoms with Crippen LogP contribution in [0.25, 0.3) is 11.0 Å². The topological polar surface area (TPSA) is 90.2 Å². The highest BCUT2D eigenvalue weighted by Crippen LogP contribution is 2.19. The van der Waals surface area contributed by atoms with E-state index in [1.54, 1.807) is 19.2 Å². The van der Waals surface area contributed by atoms with Gasteiger partial charge in [0, 0.05) is 0 Å². The van der Waals surface area contributed by atoms with E-state index in [2.05, 4.69) is 9.97 Å². The number of primary amides is 1. The molecule has 3 N–H and O–H groups in total. The summed E-state index contributed by atoms with van der Waals surface area (Å²) >= 11 is 0. The van der Waals surface area contributed by atoms with Crippen molar-refractivity contribution in [1.82, 2.24) is 9.97 Å². The van der Waals surface area contributed by atoms with Crippen LogP contribution in [0, 0.1) is 0 Å². The Morgan fingerprint density at radius 2 is 1.91 bits per heavy atom. The van der Waals surface area contributed by atoms with Gasteiger partial charge in [0.15, 0.2) is 0 Å². The highest BCUT2D eigenvalue weighted by molar-refractivity contribution is 6.03. The number of carbonyl (C=O) groups excluding carboxylic acids is 1. The van der Waals surface area contributed by atoms with Gasteiger partial charge in [-0.2, -0.15) is 0 Å². The van der Waals surface area contributed by atoms with Crippen LogP contribution in [0.3, 0.4) is 0 Å². The van der Waals surface area contributed by atoms with Crippen LogP contribution in [0.15, 0.2) is 42.5 Å². The summed E-state index contributed by atoms with van der Waals surface area (Å²) in [4.78, 5) is 18.9. The summed E-state index contributed by atoms with van der Waals surface area (Å²) in [6.45, 7) is 0.263. The summed E-state index contributed by atoms with van der Waals surface area (Å²) in [6.07, 6.45) is 0. The molecule has 0 aliphatic carbocycles. The SMILES string of the molecule is COc1ccc(OCc2nc3cccc(C(N)=O)c3[nH]2)cc1. The molecule has 0 aliphatic rings. The molecule has 6 heteroatoms. The van der Waals surface area contributed by atoms with Crippen LogP contribution < -0.4 is 15.2 Å². The number of nitrogens with zero attached hydrogens (tertiary/aromatic N) is 1. The zero-order valence-corrected chi connectivity index (χ0v) is 12.0. The smallest absolute Gasteiger partial charge is 0.250 e. The number of aromatic nitrogens is 2. The van der Waals surface area contributed by atoms with Gasteiger partial charge in [0.25, 0.3) is 5.91 Å². The first-order chi connectivity index (χ1) is 10.7. The number of para-hydroxylation sites is 1. The number of fused-ring (bicyclic) bond motifs is 1. The Labute approximate surface area is 126 Å². The van der Waals surface area contributed by atoms with E-state index in [0.29, 0.717) is 28.2 Å². The molecule has 2 aromatic carbocycles. The minimum absolute atomic E-state index is 0.263. The molecule has 1 heterocycles. The van der Waals surface area contributed by atoms with Crippen molar-refractivity contribution in [2.45, 2.75) is 6.61 Å². The van der Waals surface area contributed by atoms with Crippen molar-refractivity contribution in [1.29, 1.82) is 0 Å². The molecule has 6 nitrogen and oxygen atoms in total. The molecule has 22 heavy (non-hydrogen) atoms. The summed E-state index contributed by atoms with van der Waals surface area (Å²) in [5.74, 6) is 1.61. The normalized spacial score (nSPS) is 10.6. The fourth-order valence-electron chi connectivity index (χ4n) is 2.18. The van der Waals surface area contributed by atoms with Crippen LogP contribution in [-0.2, 0) is 6.61 Å². The molecular weight excluding hydrogens is 282 g/mol. The van der Waals surface area contributed by atoms with Crippen LogP contribution in [0.4, 0.5) is 0 Å². The minimum atomic E-state index is -0.489. The molecule has 0 saturated heterocycles. The second-order valence-electron chi connectivity index (χ2n) is 4.71. The third kappa shape index (κ3) is 2.71. The Morgan fingerprint density at radius 3 is 2.59 bits per heavy atom. The van der Waals surface area contributed by atoms with Gasteiger partial charge < -0.3 is 20.2 Å². The number of imidazole rings is 1. The third-order valence-corrected chi connectivity index (χ3v) is 3.27. The standard InChI is InChI=1S/C16H15N3O3/c1-21-10-5-7-11(8-6-10)22-9-14-18-13-4-2-3-12(16(17)20)15(13)19-14/h2-8H,9H2,1H3,(H2,17,20)(H,18,19). The van der Waals surface area contributed by atoms with Crippen molar-refractivity contribution >= 4 is 16.9 Å². The zero-order valence-electron chi connectivity index (χ0n) is 12.0. The molecule has 1 amide bonds. The molecule has 1 aromatic heterocycles. The second kappa shape index (κ2) is 5.77. The van der Waals surface area contributed by atoms with Gasteiger partial charge in [-0.1, -0.05) is 6.07 Å². The Kier molecular flexibility index (Phi) is 3.65. The van der Waals surface area contributed by atoms with E-state index in [1.165, 1.54) is 0 Å². The predicted octanol–water partition coefficient (Wildman–Crippen LogP) is 2.25. The van der Waals surface area contributed by atoms with Gasteiger partial charge in [-0.05, 0) is 36.4 Å². The summed E-state index contributed by atoms with van der Waals surface area (Å²) in [7, 11) is 1.61. The highest BCUT2D eigenvalue weighted by Gasteiger charge is 2.11. The van der Waals surface area contributed by atoms with Gasteiger partial charge in [0.2, 0.25) is 0 Å². The minimum Gasteiger partial charge on any atom is -0.497 e. The third-order valence-electron chi connectivity index (χ3n) is 3.27. The first kappa shape index (κ1) is 13.9. The molecule has 0 aliphatic heterocycles. The van der Waals surface area contributed by atoms with E-state index < -0.39 is 5.91 Å². The van der Waals surface area contributed by atoms with Crippen LogP contribution in [0.5, 0.6) is 11.5 Å². The number of benzene rings is 2. The van der Waals surface area contributed by atoms with Crippen LogP contribution in [-0.4, -0.2) is 23.0 Å². The van der Waals surface area contributed by atoms with Crippen molar-refractivity contribution < 1.29 is 14.3 Å². The van der Waals surface area contributed by atoms with Gasteiger partial charge in [-0.25, -0.2) is 4.98 Å². The number of rotatable bonds is 5. The van der Waals surface area contributed by atoms with E-state index in [0.717, 1.165) is 5.75 Å². The van der Waals surface area contributed by atoms with Crippen LogP contribution >= 0.6 is 0 Å². The molecular formula is C16H15N3O3. The van der Waals surface area contributed by atoms with Crippen molar-refractivity contribution in [2.24, 2.45) is 5.73 Å². The van der Waals surface area contributed by atoms with Crippen molar-refractivity contribution in [2.75, 3.05) is 7.11 Å². The van der Waals surface area contributed by atoms with Crippen molar-refractivity contribution in [3.8, 4) is 11.5 Å². The number of amides is 1. The number of hydrogen-bond acceptors (Lipinski definition) is 4. The maximum Gasteiger partial charge on any atom is 0.250 e. The lowest BCUT2D eigenvalue weighted by molar-refractivity contribution is 0.100. The average molecular weight is 297 g/mol. The van der Waals surface area contributed by atoms with Crippen LogP contribution in [0.1, 0.15) is 16.2 Å². The van der Waals surface area contributed by atoms with E-state index in [4.69, 9.17) is 15.2 Å². The Morgan fingerprint density at radius 1 is 1.18 bits per heavy atom. The van der Waals surface area contributed by atoms with Gasteiger partial charge in [-0.15, -0.1) is 0 Å². The Hall–Kier alpha value is -3.02. The van der Waals surface area contributed by atoms with E-state index in [-0.39, 0.29) is 6.61 Å². The molecule has 0 bridgehead atoms. The lowest BCUT2D eigenvalue weighted by atomic mass is 10.2. The number of nitrogens with two attached hydrogens (primary N) is 1. The van der Waals surface area contributed by atoms with E-state index >= 15 is 0 Å². The van der Waals surface area contributed by atoms with Gasteiger partial charge >= 0.3 is 0 Å². The summed E-state index contributed by atoms with van der Waals surface area (Å²) < 4.78 is 10.7. The number of aromatic amines is 1. The number of H-pyrrole nitrogens is 1. The van der Waals surface area contributed by atoms with E-state index in [9.17, 15) is 4.79 Å². The lowest BCUT2D eigenvalue weighted by Gasteiger charge is -2.05. The van der Waals surface area contributed by atoms with Crippen molar-refractivity contribution in [3.05, 3.63) is 53.9 Å². The maximum atomic E-state index is 11.4. The molecule has 0 fully saturated rings. The molecule has 0 spiro atoms. The number of ether oxygens (including phenoxy) is 2. The molecule has 3 rings (SSSR count). The summed E-state index contributed by atoms with van der Waals surface area (Å²) in [5, 5.41) is 0. The molecule has 0 atom stereocenters. The maximum absolute atomic E-state index is 11.4.